The summed E-state index contributed by atoms with van der Waals surface area (Å²) < 4.78 is 26.1. The number of aliphatic hydroxyl groups excluding tert-OH is 1. The van der Waals surface area contributed by atoms with E-state index in [4.69, 9.17) is 9.47 Å². The Morgan fingerprint density at radius 1 is 0.891 bits per heavy atom. The van der Waals surface area contributed by atoms with Crippen molar-refractivity contribution >= 4 is 45.7 Å². The minimum Gasteiger partial charge on any atom is -0.507 e. The molecule has 0 saturated carbocycles. The fourth-order valence-corrected chi connectivity index (χ4v) is 6.83. The maximum Gasteiger partial charge on any atom is 0.301 e. The van der Waals surface area contributed by atoms with Crippen LogP contribution in [0.25, 0.3) is 5.76 Å². The Balaban J connectivity index is 1.33. The van der Waals surface area contributed by atoms with Gasteiger partial charge in [0.25, 0.3) is 5.78 Å². The number of carbonyl (C=O) groups excluding carboxylic acids is 2. The molecule has 1 aromatic heterocycles. The van der Waals surface area contributed by atoms with Crippen LogP contribution in [0.4, 0.5) is 9.52 Å². The molecular formula is C35H28FN3O5S2. The first-order valence-electron chi connectivity index (χ1n) is 14.4. The molecule has 0 bridgehead atoms. The van der Waals surface area contributed by atoms with Gasteiger partial charge in [-0.3, -0.25) is 14.5 Å². The number of aliphatic hydroxyl groups is 1. The lowest BCUT2D eigenvalue weighted by Crippen LogP contribution is -2.29. The Morgan fingerprint density at radius 2 is 1.57 bits per heavy atom. The molecule has 46 heavy (non-hydrogen) atoms. The van der Waals surface area contributed by atoms with E-state index in [1.807, 2.05) is 37.3 Å². The van der Waals surface area contributed by atoms with Crippen LogP contribution in [-0.2, 0) is 21.9 Å². The fourth-order valence-electron chi connectivity index (χ4n) is 4.98. The monoisotopic (exact) mass is 653 g/mol. The molecule has 1 unspecified atom stereocenters. The van der Waals surface area contributed by atoms with E-state index in [0.717, 1.165) is 16.9 Å². The van der Waals surface area contributed by atoms with Gasteiger partial charge in [-0.2, -0.15) is 0 Å². The number of aromatic nitrogens is 2. The van der Waals surface area contributed by atoms with Gasteiger partial charge in [0.15, 0.2) is 4.34 Å². The predicted molar refractivity (Wildman–Crippen MR) is 175 cm³/mol. The summed E-state index contributed by atoms with van der Waals surface area (Å²) in [6.07, 6.45) is 0. The molecule has 0 spiro atoms. The zero-order valence-corrected chi connectivity index (χ0v) is 26.3. The summed E-state index contributed by atoms with van der Waals surface area (Å²) in [5, 5.41) is 20.1. The molecule has 5 aromatic rings. The first-order chi connectivity index (χ1) is 22.4. The summed E-state index contributed by atoms with van der Waals surface area (Å²) in [6, 6.07) is 28.9. The Bertz CT molecular complexity index is 1880. The molecular weight excluding hydrogens is 626 g/mol. The number of benzene rings is 4. The quantitative estimate of drug-likeness (QED) is 0.0512. The van der Waals surface area contributed by atoms with Crippen LogP contribution in [0.15, 0.2) is 113 Å². The molecule has 1 aliphatic heterocycles. The van der Waals surface area contributed by atoms with Crippen molar-refractivity contribution in [2.75, 3.05) is 11.5 Å². The van der Waals surface area contributed by atoms with E-state index in [1.54, 1.807) is 66.7 Å². The summed E-state index contributed by atoms with van der Waals surface area (Å²) in [4.78, 5) is 28.4. The third-order valence-electron chi connectivity index (χ3n) is 7.24. The van der Waals surface area contributed by atoms with Gasteiger partial charge in [-0.15, -0.1) is 10.2 Å². The van der Waals surface area contributed by atoms with Crippen LogP contribution in [0.5, 0.6) is 11.5 Å². The van der Waals surface area contributed by atoms with Gasteiger partial charge in [-0.05, 0) is 66.1 Å². The van der Waals surface area contributed by atoms with Crippen molar-refractivity contribution in [2.45, 2.75) is 29.7 Å². The Labute approximate surface area is 273 Å². The van der Waals surface area contributed by atoms with Gasteiger partial charge in [0, 0.05) is 11.3 Å². The zero-order chi connectivity index (χ0) is 32.0. The average Bonchev–Trinajstić information content (AvgIpc) is 3.66. The number of thioether (sulfide) groups is 1. The maximum absolute atomic E-state index is 14.2. The molecule has 1 fully saturated rings. The predicted octanol–water partition coefficient (Wildman–Crippen LogP) is 7.57. The SMILES string of the molecule is CCOc1ccc(/C(O)=C2/C(=O)C(=O)N(c3nnc(SCc4ccccc4F)s3)C2c2ccc(OCc3ccccc3)cc2)cc1. The Hall–Kier alpha value is -5.00. The summed E-state index contributed by atoms with van der Waals surface area (Å²) in [5.41, 5.74) is 2.36. The molecule has 2 heterocycles. The van der Waals surface area contributed by atoms with Gasteiger partial charge in [0.1, 0.15) is 29.7 Å². The number of hydrogen-bond donors (Lipinski definition) is 1. The van der Waals surface area contributed by atoms with Gasteiger partial charge in [-0.1, -0.05) is 83.8 Å². The number of nitrogens with zero attached hydrogens (tertiary/aromatic N) is 3. The third-order valence-corrected chi connectivity index (χ3v) is 9.34. The van der Waals surface area contributed by atoms with E-state index in [0.29, 0.717) is 51.5 Å². The molecule has 1 atom stereocenters. The minimum atomic E-state index is -0.993. The second-order valence-electron chi connectivity index (χ2n) is 10.2. The van der Waals surface area contributed by atoms with Crippen LogP contribution in [0.3, 0.4) is 0 Å². The number of Topliss-reactive ketones (excluding diaryl/α,β-unsaturated/α-hetero) is 1. The standard InChI is InChI=1S/C35H28FN3O5S2/c1-2-43-26-18-14-24(15-19-26)31(40)29-30(23-12-16-27(17-13-23)44-20-22-8-4-3-5-9-22)39(33(42)32(29)41)34-37-38-35(46-34)45-21-25-10-6-7-11-28(25)36/h3-19,30,40H,2,20-21H2,1H3/b31-29-. The molecule has 0 radical (unpaired) electrons. The number of halogens is 1. The van der Waals surface area contributed by atoms with E-state index < -0.39 is 17.7 Å². The van der Waals surface area contributed by atoms with Crippen LogP contribution in [0, 0.1) is 5.82 Å². The molecule has 1 saturated heterocycles. The van der Waals surface area contributed by atoms with Crippen molar-refractivity contribution in [3.63, 3.8) is 0 Å². The summed E-state index contributed by atoms with van der Waals surface area (Å²) >= 11 is 2.38. The topological polar surface area (TPSA) is 102 Å². The highest BCUT2D eigenvalue weighted by Crippen LogP contribution is 2.44. The normalized spacial score (nSPS) is 15.7. The van der Waals surface area contributed by atoms with E-state index in [2.05, 4.69) is 10.2 Å². The van der Waals surface area contributed by atoms with Crippen LogP contribution in [-0.4, -0.2) is 33.6 Å². The molecule has 6 rings (SSSR count). The molecule has 8 nitrogen and oxygen atoms in total. The van der Waals surface area contributed by atoms with Crippen LogP contribution < -0.4 is 14.4 Å². The second-order valence-corrected chi connectivity index (χ2v) is 12.4. The number of amides is 1. The van der Waals surface area contributed by atoms with Crippen LogP contribution in [0.1, 0.15) is 35.2 Å². The first kappa shape index (κ1) is 31.0. The van der Waals surface area contributed by atoms with Gasteiger partial charge < -0.3 is 14.6 Å². The lowest BCUT2D eigenvalue weighted by Gasteiger charge is -2.22. The largest absolute Gasteiger partial charge is 0.507 e. The first-order valence-corrected chi connectivity index (χ1v) is 16.2. The molecule has 232 valence electrons. The smallest absolute Gasteiger partial charge is 0.301 e. The molecule has 0 aliphatic carbocycles. The Morgan fingerprint density at radius 3 is 2.28 bits per heavy atom. The molecule has 11 heteroatoms. The van der Waals surface area contributed by atoms with Crippen LogP contribution >= 0.6 is 23.1 Å². The fraction of sp³-hybridized carbons (Fsp3) is 0.143. The van der Waals surface area contributed by atoms with E-state index in [-0.39, 0.29) is 22.3 Å². The highest BCUT2D eigenvalue weighted by molar-refractivity contribution is 8.00. The molecule has 1 aliphatic rings. The van der Waals surface area contributed by atoms with Crippen LogP contribution in [0.2, 0.25) is 0 Å². The van der Waals surface area contributed by atoms with Crippen molar-refractivity contribution < 1.29 is 28.6 Å². The number of anilines is 1. The lowest BCUT2D eigenvalue weighted by atomic mass is 9.95. The van der Waals surface area contributed by atoms with E-state index in [9.17, 15) is 19.1 Å². The summed E-state index contributed by atoms with van der Waals surface area (Å²) in [7, 11) is 0. The summed E-state index contributed by atoms with van der Waals surface area (Å²) in [5.74, 6) is -0.825. The zero-order valence-electron chi connectivity index (χ0n) is 24.6. The number of ether oxygens (including phenoxy) is 2. The molecule has 1 amide bonds. The second kappa shape index (κ2) is 14.0. The minimum absolute atomic E-state index is 0.0807. The van der Waals surface area contributed by atoms with Crippen molar-refractivity contribution in [1.29, 1.82) is 0 Å². The van der Waals surface area contributed by atoms with Crippen molar-refractivity contribution in [1.82, 2.24) is 10.2 Å². The van der Waals surface area contributed by atoms with Crippen molar-refractivity contribution in [3.05, 3.63) is 137 Å². The molecule has 1 N–H and O–H groups in total. The lowest BCUT2D eigenvalue weighted by molar-refractivity contribution is -0.132. The number of carbonyl (C=O) groups is 2. The van der Waals surface area contributed by atoms with Gasteiger partial charge >= 0.3 is 5.91 Å². The number of ketones is 1. The third kappa shape index (κ3) is 6.65. The Kier molecular flexibility index (Phi) is 9.41. The highest BCUT2D eigenvalue weighted by Gasteiger charge is 2.48. The summed E-state index contributed by atoms with van der Waals surface area (Å²) in [6.45, 7) is 2.71. The maximum atomic E-state index is 14.2. The molecule has 4 aromatic carbocycles. The number of rotatable bonds is 11. The van der Waals surface area contributed by atoms with Gasteiger partial charge in [-0.25, -0.2) is 4.39 Å². The van der Waals surface area contributed by atoms with Crippen molar-refractivity contribution in [3.8, 4) is 11.5 Å². The van der Waals surface area contributed by atoms with E-state index in [1.165, 1.54) is 22.7 Å². The van der Waals surface area contributed by atoms with E-state index >= 15 is 0 Å². The number of hydrogen-bond acceptors (Lipinski definition) is 9. The highest BCUT2D eigenvalue weighted by atomic mass is 32.2. The van der Waals surface area contributed by atoms with Gasteiger partial charge in [0.2, 0.25) is 5.13 Å². The van der Waals surface area contributed by atoms with Crippen molar-refractivity contribution in [2.24, 2.45) is 0 Å². The van der Waals surface area contributed by atoms with Gasteiger partial charge in [0.05, 0.1) is 18.2 Å². The average molecular weight is 654 g/mol.